The number of ether oxygens (including phenoxy) is 1. The number of hydrogen-bond acceptors (Lipinski definition) is 6. The van der Waals surface area contributed by atoms with Crippen molar-refractivity contribution >= 4 is 28.8 Å². The number of nitrogens with one attached hydrogen (secondary N) is 1. The molecule has 31 heavy (non-hydrogen) atoms. The van der Waals surface area contributed by atoms with E-state index in [4.69, 9.17) is 4.74 Å². The molecule has 2 aromatic rings. The van der Waals surface area contributed by atoms with Gasteiger partial charge in [0.1, 0.15) is 29.4 Å². The van der Waals surface area contributed by atoms with Crippen LogP contribution in [0, 0.1) is 16.7 Å². The van der Waals surface area contributed by atoms with Crippen LogP contribution < -0.4 is 19.7 Å². The van der Waals surface area contributed by atoms with Gasteiger partial charge < -0.3 is 9.64 Å². The lowest BCUT2D eigenvalue weighted by atomic mass is 9.87. The van der Waals surface area contributed by atoms with E-state index in [1.165, 1.54) is 16.2 Å². The number of morpholine rings is 1. The summed E-state index contributed by atoms with van der Waals surface area (Å²) in [6, 6.07) is 5.72. The number of aromatic nitrogens is 2. The van der Waals surface area contributed by atoms with E-state index in [9.17, 15) is 14.9 Å². The number of nitrogens with zero attached hydrogens (tertiary/aromatic N) is 3. The summed E-state index contributed by atoms with van der Waals surface area (Å²) in [5, 5.41) is 9.80. The topological polar surface area (TPSA) is 89.4 Å². The van der Waals surface area contributed by atoms with Crippen LogP contribution in [-0.2, 0) is 16.1 Å². The fourth-order valence-corrected chi connectivity index (χ4v) is 4.61. The minimum absolute atomic E-state index is 0.0581. The number of rotatable bonds is 6. The molecule has 164 valence electrons. The van der Waals surface area contributed by atoms with Crippen molar-refractivity contribution in [2.24, 2.45) is 5.41 Å². The summed E-state index contributed by atoms with van der Waals surface area (Å²) in [5.74, 6) is -0.251. The zero-order valence-electron chi connectivity index (χ0n) is 18.3. The third-order valence-electron chi connectivity index (χ3n) is 5.26. The normalized spacial score (nSPS) is 16.8. The molecule has 0 atom stereocenters. The first-order valence-electron chi connectivity index (χ1n) is 10.5. The fraction of sp³-hybridized carbons (Fsp3) is 0.478. The van der Waals surface area contributed by atoms with E-state index in [0.29, 0.717) is 15.7 Å². The number of Topliss-reactive ketones (excluding diaryl/α,β-unsaturated/α-hetero) is 1. The Kier molecular flexibility index (Phi) is 7.55. The quantitative estimate of drug-likeness (QED) is 0.667. The van der Waals surface area contributed by atoms with E-state index in [1.54, 1.807) is 43.8 Å². The maximum atomic E-state index is 13.2. The monoisotopic (exact) mass is 441 g/mol. The van der Waals surface area contributed by atoms with Gasteiger partial charge in [-0.05, 0) is 23.8 Å². The summed E-state index contributed by atoms with van der Waals surface area (Å²) in [6.45, 7) is 10.2. The highest BCUT2D eigenvalue weighted by Gasteiger charge is 2.27. The third kappa shape index (κ3) is 5.76. The Morgan fingerprint density at radius 1 is 1.32 bits per heavy atom. The van der Waals surface area contributed by atoms with Crippen molar-refractivity contribution in [1.29, 1.82) is 5.26 Å². The molecule has 8 heteroatoms. The Hall–Kier alpha value is -2.60. The highest BCUT2D eigenvalue weighted by molar-refractivity contribution is 7.07. The molecule has 3 heterocycles. The van der Waals surface area contributed by atoms with Crippen LogP contribution in [0.4, 0.5) is 0 Å². The minimum Gasteiger partial charge on any atom is -0.370 e. The van der Waals surface area contributed by atoms with Gasteiger partial charge in [0.05, 0.1) is 24.3 Å². The van der Waals surface area contributed by atoms with Crippen molar-refractivity contribution in [3.05, 3.63) is 49.6 Å². The Balaban J connectivity index is 2.05. The molecule has 1 fully saturated rings. The van der Waals surface area contributed by atoms with Gasteiger partial charge in [0.25, 0.3) is 5.56 Å². The number of thiazole rings is 1. The first-order chi connectivity index (χ1) is 14.8. The smallest absolute Gasteiger partial charge is 0.269 e. The molecular formula is C23H29N4O3S+. The average molecular weight is 442 g/mol. The van der Waals surface area contributed by atoms with Crippen molar-refractivity contribution < 1.29 is 14.4 Å². The minimum atomic E-state index is -0.705. The van der Waals surface area contributed by atoms with E-state index in [2.05, 4.69) is 11.1 Å². The van der Waals surface area contributed by atoms with Gasteiger partial charge in [-0.1, -0.05) is 20.8 Å². The molecule has 0 amide bonds. The van der Waals surface area contributed by atoms with Crippen LogP contribution in [0.2, 0.25) is 0 Å². The molecular weight excluding hydrogens is 412 g/mol. The van der Waals surface area contributed by atoms with E-state index >= 15 is 0 Å². The Labute approximate surface area is 185 Å². The summed E-state index contributed by atoms with van der Waals surface area (Å²) < 4.78 is 7.98. The Morgan fingerprint density at radius 2 is 2.00 bits per heavy atom. The number of quaternary nitrogens is 1. The standard InChI is InChI=1S/C23H28N4O3S/c1-23(2,3)20(28)18(16-24)22-27(10-4-9-26-11-13-30-14-12-26)21(29)19(31-22)15-17-5-7-25-8-6-17/h5-8,15H,4,9-14H2,1-3H3/p+1/b19-15-,22-18+. The Bertz CT molecular complexity index is 1130. The second-order valence-corrected chi connectivity index (χ2v) is 9.72. The van der Waals surface area contributed by atoms with Gasteiger partial charge in [-0.15, -0.1) is 11.3 Å². The van der Waals surface area contributed by atoms with Crippen LogP contribution in [0.3, 0.4) is 0 Å². The molecule has 0 bridgehead atoms. The van der Waals surface area contributed by atoms with Crippen LogP contribution >= 0.6 is 11.3 Å². The molecule has 0 unspecified atom stereocenters. The van der Waals surface area contributed by atoms with Gasteiger partial charge >= 0.3 is 0 Å². The van der Waals surface area contributed by atoms with Crippen molar-refractivity contribution in [3.8, 4) is 6.07 Å². The van der Waals surface area contributed by atoms with Gasteiger partial charge in [-0.3, -0.25) is 19.1 Å². The molecule has 2 aromatic heterocycles. The Morgan fingerprint density at radius 3 is 2.61 bits per heavy atom. The molecule has 3 rings (SSSR count). The highest BCUT2D eigenvalue weighted by Crippen LogP contribution is 2.19. The molecule has 0 radical (unpaired) electrons. The predicted octanol–water partition coefficient (Wildman–Crippen LogP) is -0.272. The number of hydrogen-bond donors (Lipinski definition) is 1. The van der Waals surface area contributed by atoms with Crippen molar-refractivity contribution in [2.45, 2.75) is 33.7 Å². The van der Waals surface area contributed by atoms with Crippen molar-refractivity contribution in [1.82, 2.24) is 9.55 Å². The lowest BCUT2D eigenvalue weighted by molar-refractivity contribution is -0.908. The van der Waals surface area contributed by atoms with Crippen LogP contribution in [0.1, 0.15) is 32.8 Å². The van der Waals surface area contributed by atoms with Gasteiger partial charge in [0.2, 0.25) is 0 Å². The number of ketones is 1. The van der Waals surface area contributed by atoms with Gasteiger partial charge in [-0.2, -0.15) is 5.26 Å². The second-order valence-electron chi connectivity index (χ2n) is 8.68. The highest BCUT2D eigenvalue weighted by atomic mass is 32.1. The summed E-state index contributed by atoms with van der Waals surface area (Å²) >= 11 is 1.21. The summed E-state index contributed by atoms with van der Waals surface area (Å²) in [5.41, 5.74) is 0.0412. The van der Waals surface area contributed by atoms with Crippen molar-refractivity contribution in [3.63, 3.8) is 0 Å². The van der Waals surface area contributed by atoms with Crippen LogP contribution in [0.25, 0.3) is 11.6 Å². The van der Waals surface area contributed by atoms with Gasteiger partial charge in [-0.25, -0.2) is 0 Å². The number of carbonyl (C=O) groups is 1. The fourth-order valence-electron chi connectivity index (χ4n) is 3.49. The third-order valence-corrected chi connectivity index (χ3v) is 6.39. The van der Waals surface area contributed by atoms with Crippen LogP contribution in [0.15, 0.2) is 29.3 Å². The summed E-state index contributed by atoms with van der Waals surface area (Å²) in [6.07, 6.45) is 5.91. The molecule has 1 aliphatic heterocycles. The number of pyridine rings is 1. The van der Waals surface area contributed by atoms with Gasteiger partial charge in [0.15, 0.2) is 5.78 Å². The van der Waals surface area contributed by atoms with E-state index in [0.717, 1.165) is 44.8 Å². The SMILES string of the molecule is CC(C)(C)C(=O)/C(C#N)=c1/s/c(=C\c2ccncc2)c(=O)n1CCC[NH+]1CCOCC1. The van der Waals surface area contributed by atoms with E-state index in [1.807, 2.05) is 12.1 Å². The molecule has 1 N–H and O–H groups in total. The number of nitriles is 1. The summed E-state index contributed by atoms with van der Waals surface area (Å²) in [7, 11) is 0. The first kappa shape index (κ1) is 23.1. The first-order valence-corrected chi connectivity index (χ1v) is 11.3. The second kappa shape index (κ2) is 10.1. The largest absolute Gasteiger partial charge is 0.370 e. The molecule has 1 saturated heterocycles. The molecule has 0 aliphatic carbocycles. The maximum Gasteiger partial charge on any atom is 0.269 e. The zero-order valence-corrected chi connectivity index (χ0v) is 19.1. The average Bonchev–Trinajstić information content (AvgIpc) is 3.05. The maximum absolute atomic E-state index is 13.2. The van der Waals surface area contributed by atoms with Crippen LogP contribution in [-0.4, -0.2) is 48.2 Å². The zero-order chi connectivity index (χ0) is 22.4. The van der Waals surface area contributed by atoms with Gasteiger partial charge in [0, 0.05) is 30.8 Å². The molecule has 0 spiro atoms. The van der Waals surface area contributed by atoms with Crippen LogP contribution in [0.5, 0.6) is 0 Å². The summed E-state index contributed by atoms with van der Waals surface area (Å²) in [4.78, 5) is 31.6. The van der Waals surface area contributed by atoms with E-state index in [-0.39, 0.29) is 16.9 Å². The lowest BCUT2D eigenvalue weighted by Crippen LogP contribution is -3.14. The predicted molar refractivity (Wildman–Crippen MR) is 120 cm³/mol. The molecule has 1 aliphatic rings. The van der Waals surface area contributed by atoms with Crippen molar-refractivity contribution in [2.75, 3.05) is 32.8 Å². The molecule has 7 nitrogen and oxygen atoms in total. The van der Waals surface area contributed by atoms with E-state index < -0.39 is 5.41 Å². The molecule has 0 saturated carbocycles. The lowest BCUT2D eigenvalue weighted by Gasteiger charge is -2.23. The molecule has 0 aromatic carbocycles. The number of carbonyl (C=O) groups excluding carboxylic acids is 1.